The maximum absolute atomic E-state index is 12.4. The Bertz CT molecular complexity index is 831. The van der Waals surface area contributed by atoms with Gasteiger partial charge in [0.1, 0.15) is 11.1 Å². The van der Waals surface area contributed by atoms with Crippen LogP contribution in [0.3, 0.4) is 0 Å². The highest BCUT2D eigenvalue weighted by atomic mass is 32.1. The summed E-state index contributed by atoms with van der Waals surface area (Å²) in [7, 11) is 0. The number of rotatable bonds is 5. The summed E-state index contributed by atoms with van der Waals surface area (Å²) in [6.07, 6.45) is 1.92. The molecular weight excluding hydrogens is 392 g/mol. The van der Waals surface area contributed by atoms with Crippen LogP contribution in [0.25, 0.3) is 0 Å². The van der Waals surface area contributed by atoms with Crippen molar-refractivity contribution in [2.45, 2.75) is 18.9 Å². The van der Waals surface area contributed by atoms with Crippen LogP contribution in [0.4, 0.5) is 15.6 Å². The Labute approximate surface area is 173 Å². The van der Waals surface area contributed by atoms with Crippen LogP contribution < -0.4 is 15.5 Å². The van der Waals surface area contributed by atoms with E-state index < -0.39 is 0 Å². The van der Waals surface area contributed by atoms with Crippen LogP contribution in [0.5, 0.6) is 0 Å². The third-order valence-corrected chi connectivity index (χ3v) is 5.91. The SMILES string of the molecule is O=C(CNC(=O)N1CCN(c2ccccc2)CC1)Nc1nnc([C@@H]2CCCO2)s1. The molecule has 0 bridgehead atoms. The lowest BCUT2D eigenvalue weighted by Gasteiger charge is -2.36. The van der Waals surface area contributed by atoms with Crippen molar-refractivity contribution in [3.05, 3.63) is 35.3 Å². The first kappa shape index (κ1) is 19.6. The van der Waals surface area contributed by atoms with E-state index in [0.29, 0.717) is 18.2 Å². The zero-order chi connectivity index (χ0) is 20.1. The average molecular weight is 417 g/mol. The van der Waals surface area contributed by atoms with Crippen molar-refractivity contribution >= 4 is 34.1 Å². The molecule has 1 aromatic heterocycles. The fraction of sp³-hybridized carbons (Fsp3) is 0.474. The highest BCUT2D eigenvalue weighted by Crippen LogP contribution is 2.31. The number of amides is 3. The van der Waals surface area contributed by atoms with Gasteiger partial charge in [-0.3, -0.25) is 10.1 Å². The number of carbonyl (C=O) groups excluding carboxylic acids is 2. The Kier molecular flexibility index (Phi) is 6.20. The number of hydrogen-bond acceptors (Lipinski definition) is 7. The molecule has 0 spiro atoms. The molecule has 3 amide bonds. The number of aromatic nitrogens is 2. The van der Waals surface area contributed by atoms with E-state index in [2.05, 4.69) is 37.9 Å². The van der Waals surface area contributed by atoms with Crippen molar-refractivity contribution in [2.75, 3.05) is 49.5 Å². The summed E-state index contributed by atoms with van der Waals surface area (Å²) in [6.45, 7) is 3.39. The maximum atomic E-state index is 12.4. The second kappa shape index (κ2) is 9.19. The Morgan fingerprint density at radius 2 is 1.93 bits per heavy atom. The number of carbonyl (C=O) groups is 2. The maximum Gasteiger partial charge on any atom is 0.317 e. The summed E-state index contributed by atoms with van der Waals surface area (Å²) in [5.41, 5.74) is 1.16. The van der Waals surface area contributed by atoms with E-state index in [-0.39, 0.29) is 24.6 Å². The van der Waals surface area contributed by atoms with E-state index in [0.717, 1.165) is 43.2 Å². The van der Waals surface area contributed by atoms with E-state index in [1.807, 2.05) is 18.2 Å². The summed E-state index contributed by atoms with van der Waals surface area (Å²) in [5, 5.41) is 14.6. The first-order valence-corrected chi connectivity index (χ1v) is 10.6. The topological polar surface area (TPSA) is 99.7 Å². The minimum absolute atomic E-state index is 0.0209. The lowest BCUT2D eigenvalue weighted by Crippen LogP contribution is -2.52. The number of para-hydroxylation sites is 1. The molecule has 10 heteroatoms. The highest BCUT2D eigenvalue weighted by Gasteiger charge is 2.23. The minimum atomic E-state index is -0.323. The minimum Gasteiger partial charge on any atom is -0.371 e. The molecule has 1 aromatic carbocycles. The molecule has 0 saturated carbocycles. The molecule has 2 N–H and O–H groups in total. The van der Waals surface area contributed by atoms with Crippen LogP contribution in [0.1, 0.15) is 24.0 Å². The molecule has 0 unspecified atom stereocenters. The molecule has 29 heavy (non-hydrogen) atoms. The molecule has 0 aliphatic carbocycles. The molecule has 3 heterocycles. The third-order valence-electron chi connectivity index (χ3n) is 4.98. The van der Waals surface area contributed by atoms with Gasteiger partial charge in [-0.1, -0.05) is 29.5 Å². The molecular formula is C19H24N6O3S. The second-order valence-corrected chi connectivity index (χ2v) is 7.97. The van der Waals surface area contributed by atoms with Crippen LogP contribution in [-0.2, 0) is 9.53 Å². The van der Waals surface area contributed by atoms with Crippen molar-refractivity contribution in [3.8, 4) is 0 Å². The van der Waals surface area contributed by atoms with E-state index in [9.17, 15) is 9.59 Å². The van der Waals surface area contributed by atoms with Gasteiger partial charge in [-0.05, 0) is 25.0 Å². The number of anilines is 2. The molecule has 2 aliphatic rings. The smallest absolute Gasteiger partial charge is 0.317 e. The first-order valence-electron chi connectivity index (χ1n) is 9.76. The van der Waals surface area contributed by atoms with E-state index >= 15 is 0 Å². The monoisotopic (exact) mass is 416 g/mol. The van der Waals surface area contributed by atoms with Crippen LogP contribution in [0.2, 0.25) is 0 Å². The Hall–Kier alpha value is -2.72. The highest BCUT2D eigenvalue weighted by molar-refractivity contribution is 7.15. The van der Waals surface area contributed by atoms with Crippen LogP contribution in [0.15, 0.2) is 30.3 Å². The molecule has 2 saturated heterocycles. The van der Waals surface area contributed by atoms with Crippen molar-refractivity contribution < 1.29 is 14.3 Å². The van der Waals surface area contributed by atoms with Gasteiger partial charge in [0.05, 0.1) is 6.54 Å². The third kappa shape index (κ3) is 5.01. The Morgan fingerprint density at radius 3 is 2.66 bits per heavy atom. The van der Waals surface area contributed by atoms with Crippen molar-refractivity contribution in [1.29, 1.82) is 0 Å². The molecule has 2 aromatic rings. The summed E-state index contributed by atoms with van der Waals surface area (Å²) < 4.78 is 5.57. The lowest BCUT2D eigenvalue weighted by atomic mass is 10.2. The van der Waals surface area contributed by atoms with Gasteiger partial charge in [-0.15, -0.1) is 10.2 Å². The van der Waals surface area contributed by atoms with Gasteiger partial charge in [0.2, 0.25) is 11.0 Å². The molecule has 0 radical (unpaired) electrons. The van der Waals surface area contributed by atoms with Crippen molar-refractivity contribution in [2.24, 2.45) is 0 Å². The predicted molar refractivity (Wildman–Crippen MR) is 110 cm³/mol. The van der Waals surface area contributed by atoms with Crippen molar-refractivity contribution in [1.82, 2.24) is 20.4 Å². The van der Waals surface area contributed by atoms with Crippen LogP contribution >= 0.6 is 11.3 Å². The largest absolute Gasteiger partial charge is 0.371 e. The quantitative estimate of drug-likeness (QED) is 0.772. The zero-order valence-electron chi connectivity index (χ0n) is 16.0. The summed E-state index contributed by atoms with van der Waals surface area (Å²) in [6, 6.07) is 9.91. The van der Waals surface area contributed by atoms with Crippen LogP contribution in [0, 0.1) is 0 Å². The number of hydrogen-bond donors (Lipinski definition) is 2. The van der Waals surface area contributed by atoms with Gasteiger partial charge >= 0.3 is 6.03 Å². The lowest BCUT2D eigenvalue weighted by molar-refractivity contribution is -0.115. The van der Waals surface area contributed by atoms with Gasteiger partial charge in [0.25, 0.3) is 0 Å². The van der Waals surface area contributed by atoms with Gasteiger partial charge in [0, 0.05) is 38.5 Å². The summed E-state index contributed by atoms with van der Waals surface area (Å²) >= 11 is 1.31. The molecule has 2 fully saturated rings. The van der Waals surface area contributed by atoms with Gasteiger partial charge in [0.15, 0.2) is 0 Å². The number of urea groups is 1. The number of piperazine rings is 1. The first-order chi connectivity index (χ1) is 14.2. The summed E-state index contributed by atoms with van der Waals surface area (Å²) in [4.78, 5) is 28.4. The number of benzene rings is 1. The van der Waals surface area contributed by atoms with Gasteiger partial charge in [-0.2, -0.15) is 0 Å². The molecule has 2 aliphatic heterocycles. The van der Waals surface area contributed by atoms with E-state index in [1.54, 1.807) is 4.90 Å². The predicted octanol–water partition coefficient (Wildman–Crippen LogP) is 1.86. The molecule has 9 nitrogen and oxygen atoms in total. The van der Waals surface area contributed by atoms with E-state index in [4.69, 9.17) is 4.74 Å². The van der Waals surface area contributed by atoms with Gasteiger partial charge < -0.3 is 19.9 Å². The number of ether oxygens (including phenoxy) is 1. The Morgan fingerprint density at radius 1 is 1.14 bits per heavy atom. The second-order valence-electron chi connectivity index (χ2n) is 6.96. The average Bonchev–Trinajstić information content (AvgIpc) is 3.45. The normalized spacial score (nSPS) is 19.2. The fourth-order valence-electron chi connectivity index (χ4n) is 3.43. The van der Waals surface area contributed by atoms with Crippen LogP contribution in [-0.4, -0.2) is 66.4 Å². The standard InChI is InChI=1S/C19H24N6O3S/c26-16(21-18-23-22-17(29-18)15-7-4-12-28-15)13-20-19(27)25-10-8-24(9-11-25)14-5-2-1-3-6-14/h1-3,5-6,15H,4,7-13H2,(H,20,27)(H,21,23,26)/t15-/m0/s1. The molecule has 154 valence electrons. The summed E-state index contributed by atoms with van der Waals surface area (Å²) in [5.74, 6) is -0.323. The Balaban J connectivity index is 1.19. The molecule has 4 rings (SSSR count). The van der Waals surface area contributed by atoms with Gasteiger partial charge in [-0.25, -0.2) is 4.79 Å². The number of nitrogens with zero attached hydrogens (tertiary/aromatic N) is 4. The number of nitrogens with one attached hydrogen (secondary N) is 2. The van der Waals surface area contributed by atoms with Crippen molar-refractivity contribution in [3.63, 3.8) is 0 Å². The fourth-order valence-corrected chi connectivity index (χ4v) is 4.27. The van der Waals surface area contributed by atoms with E-state index in [1.165, 1.54) is 11.3 Å². The molecule has 1 atom stereocenters. The zero-order valence-corrected chi connectivity index (χ0v) is 16.9.